The van der Waals surface area contributed by atoms with E-state index in [-0.39, 0.29) is 12.2 Å². The molecule has 1 aliphatic rings. The zero-order chi connectivity index (χ0) is 19.2. The van der Waals surface area contributed by atoms with Gasteiger partial charge in [0, 0.05) is 23.5 Å². The lowest BCUT2D eigenvalue weighted by Crippen LogP contribution is -2.01. The molecule has 0 spiro atoms. The highest BCUT2D eigenvalue weighted by molar-refractivity contribution is 5.85. The van der Waals surface area contributed by atoms with Gasteiger partial charge in [0.25, 0.3) is 0 Å². The minimum atomic E-state index is 0.250. The Kier molecular flexibility index (Phi) is 5.29. The second kappa shape index (κ2) is 7.98. The quantitative estimate of drug-likeness (QED) is 0.717. The van der Waals surface area contributed by atoms with Crippen molar-refractivity contribution in [3.63, 3.8) is 0 Å². The fraction of sp³-hybridized carbons (Fsp3) is 0.176. The largest absolute Gasteiger partial charge is 0.424 e. The molecular weight excluding hydrogens is 350 g/mol. The van der Waals surface area contributed by atoms with Gasteiger partial charge >= 0.3 is 12.2 Å². The molecule has 0 aliphatic carbocycles. The lowest BCUT2D eigenvalue weighted by atomic mass is 10.1. The van der Waals surface area contributed by atoms with E-state index in [0.29, 0.717) is 17.4 Å². The first-order valence-corrected chi connectivity index (χ1v) is 7.89. The van der Waals surface area contributed by atoms with Gasteiger partial charge in [-0.2, -0.15) is 24.9 Å². The number of aryl methyl sites for hydroxylation is 2. The van der Waals surface area contributed by atoms with Crippen LogP contribution in [0.4, 0.5) is 11.6 Å². The van der Waals surface area contributed by atoms with Crippen LogP contribution in [-0.4, -0.2) is 37.7 Å². The molecule has 0 atom stereocenters. The number of nitrogens with zero attached hydrogens (tertiary/aromatic N) is 5. The summed E-state index contributed by atoms with van der Waals surface area (Å²) in [5.41, 5.74) is 3.80. The molecule has 4 rings (SSSR count). The number of rotatable bonds is 4. The Morgan fingerprint density at radius 3 is 2.70 bits per heavy atom. The van der Waals surface area contributed by atoms with E-state index in [1.165, 1.54) is 5.56 Å². The minimum Gasteiger partial charge on any atom is -0.424 e. The number of hydrogen-bond acceptors (Lipinski definition) is 9. The molecule has 10 nitrogen and oxygen atoms in total. The first-order valence-electron chi connectivity index (χ1n) is 7.89. The van der Waals surface area contributed by atoms with Gasteiger partial charge in [-0.1, -0.05) is 6.07 Å². The van der Waals surface area contributed by atoms with Crippen molar-refractivity contribution < 1.29 is 14.3 Å². The summed E-state index contributed by atoms with van der Waals surface area (Å²) in [5.74, 6) is 1.89. The number of aromatic amines is 1. The van der Waals surface area contributed by atoms with Gasteiger partial charge in [-0.25, -0.2) is 4.98 Å². The standard InChI is InChI=1S/C16H15N7O.CO2/c1-9-5-14(19-15-10(2)21-23-22-15)20-16(18-9)24-13-4-3-11-7-17-8-12(11)6-13;2-1-3/h3-6,8H,7H2,1-2H3,(H2,18,19,20,21,22,23);. The number of anilines is 2. The Morgan fingerprint density at radius 1 is 1.15 bits per heavy atom. The van der Waals surface area contributed by atoms with Crippen molar-refractivity contribution in [1.29, 1.82) is 0 Å². The van der Waals surface area contributed by atoms with Gasteiger partial charge in [0.2, 0.25) is 0 Å². The van der Waals surface area contributed by atoms with Crippen molar-refractivity contribution in [3.05, 3.63) is 46.8 Å². The Hall–Kier alpha value is -3.91. The molecule has 27 heavy (non-hydrogen) atoms. The Balaban J connectivity index is 0.000000659. The molecule has 1 aliphatic heterocycles. The van der Waals surface area contributed by atoms with Crippen molar-refractivity contribution in [2.45, 2.75) is 20.4 Å². The van der Waals surface area contributed by atoms with Crippen LogP contribution in [0.3, 0.4) is 0 Å². The molecule has 0 radical (unpaired) electrons. The smallest absolute Gasteiger partial charge is 0.373 e. The number of H-pyrrole nitrogens is 1. The summed E-state index contributed by atoms with van der Waals surface area (Å²) in [6, 6.07) is 7.93. The van der Waals surface area contributed by atoms with Crippen LogP contribution in [0.2, 0.25) is 0 Å². The van der Waals surface area contributed by atoms with Gasteiger partial charge in [0.1, 0.15) is 17.3 Å². The highest BCUT2D eigenvalue weighted by atomic mass is 16.5. The van der Waals surface area contributed by atoms with Crippen molar-refractivity contribution in [3.8, 4) is 11.8 Å². The monoisotopic (exact) mass is 365 g/mol. The zero-order valence-electron chi connectivity index (χ0n) is 14.6. The zero-order valence-corrected chi connectivity index (χ0v) is 14.6. The van der Waals surface area contributed by atoms with Crippen molar-refractivity contribution in [2.24, 2.45) is 4.99 Å². The van der Waals surface area contributed by atoms with E-state index in [9.17, 15) is 0 Å². The third-order valence-electron chi connectivity index (χ3n) is 3.62. The third-order valence-corrected chi connectivity index (χ3v) is 3.62. The fourth-order valence-electron chi connectivity index (χ4n) is 2.42. The average molecular weight is 365 g/mol. The molecule has 3 aromatic rings. The number of benzene rings is 1. The first kappa shape index (κ1) is 17.9. The predicted molar refractivity (Wildman–Crippen MR) is 94.0 cm³/mol. The Labute approximate surface area is 153 Å². The topological polar surface area (TPSA) is 135 Å². The maximum absolute atomic E-state index is 8.12. The van der Waals surface area contributed by atoms with Gasteiger partial charge < -0.3 is 10.1 Å². The molecule has 0 saturated heterocycles. The fourth-order valence-corrected chi connectivity index (χ4v) is 2.42. The summed E-state index contributed by atoms with van der Waals surface area (Å²) >= 11 is 0. The molecule has 136 valence electrons. The number of ether oxygens (including phenoxy) is 1. The first-order chi connectivity index (χ1) is 13.1. The van der Waals surface area contributed by atoms with Crippen LogP contribution in [0.1, 0.15) is 22.5 Å². The Bertz CT molecular complexity index is 1020. The van der Waals surface area contributed by atoms with E-state index in [4.69, 9.17) is 14.3 Å². The lowest BCUT2D eigenvalue weighted by molar-refractivity contribution is -0.191. The van der Waals surface area contributed by atoms with Gasteiger partial charge in [0.15, 0.2) is 5.82 Å². The molecular formula is C17H15N7O3. The van der Waals surface area contributed by atoms with Crippen LogP contribution in [0, 0.1) is 13.8 Å². The van der Waals surface area contributed by atoms with Crippen molar-refractivity contribution >= 4 is 24.0 Å². The number of aliphatic imine (C=N–C) groups is 1. The normalized spacial score (nSPS) is 11.2. The van der Waals surface area contributed by atoms with Crippen LogP contribution in [-0.2, 0) is 16.1 Å². The van der Waals surface area contributed by atoms with Crippen LogP contribution in [0.15, 0.2) is 29.3 Å². The SMILES string of the molecule is Cc1cc(Nc2n[nH]nc2C)nc(Oc2ccc3c(c2)C=NC3)n1.O=C=O. The number of fused-ring (bicyclic) bond motifs is 1. The molecule has 0 unspecified atom stereocenters. The van der Waals surface area contributed by atoms with E-state index in [1.807, 2.05) is 44.3 Å². The van der Waals surface area contributed by atoms with Gasteiger partial charge in [0.05, 0.1) is 6.54 Å². The van der Waals surface area contributed by atoms with E-state index in [2.05, 4.69) is 35.7 Å². The van der Waals surface area contributed by atoms with Crippen LogP contribution in [0.5, 0.6) is 11.8 Å². The summed E-state index contributed by atoms with van der Waals surface area (Å²) < 4.78 is 5.81. The van der Waals surface area contributed by atoms with Gasteiger partial charge in [-0.15, -0.1) is 5.10 Å². The molecule has 2 aromatic heterocycles. The molecule has 0 amide bonds. The molecule has 0 bridgehead atoms. The summed E-state index contributed by atoms with van der Waals surface area (Å²) in [5, 5.41) is 13.7. The highest BCUT2D eigenvalue weighted by Gasteiger charge is 2.11. The van der Waals surface area contributed by atoms with Gasteiger partial charge in [-0.05, 0) is 31.5 Å². The lowest BCUT2D eigenvalue weighted by Gasteiger charge is -2.09. The summed E-state index contributed by atoms with van der Waals surface area (Å²) in [6.07, 6.45) is 2.10. The van der Waals surface area contributed by atoms with Gasteiger partial charge in [-0.3, -0.25) is 4.99 Å². The van der Waals surface area contributed by atoms with Crippen LogP contribution >= 0.6 is 0 Å². The number of aromatic nitrogens is 5. The number of hydrogen-bond donors (Lipinski definition) is 2. The van der Waals surface area contributed by atoms with Crippen molar-refractivity contribution in [2.75, 3.05) is 5.32 Å². The Morgan fingerprint density at radius 2 is 1.96 bits per heavy atom. The molecule has 3 heterocycles. The van der Waals surface area contributed by atoms with Crippen molar-refractivity contribution in [1.82, 2.24) is 25.4 Å². The minimum absolute atomic E-state index is 0.250. The molecule has 0 saturated carbocycles. The molecule has 2 N–H and O–H groups in total. The average Bonchev–Trinajstić information content (AvgIpc) is 3.24. The highest BCUT2D eigenvalue weighted by Crippen LogP contribution is 2.25. The van der Waals surface area contributed by atoms with E-state index < -0.39 is 0 Å². The molecule has 10 heteroatoms. The molecule has 1 aromatic carbocycles. The van der Waals surface area contributed by atoms with Crippen LogP contribution in [0.25, 0.3) is 0 Å². The maximum Gasteiger partial charge on any atom is 0.373 e. The second-order valence-corrected chi connectivity index (χ2v) is 5.58. The predicted octanol–water partition coefficient (Wildman–Crippen LogP) is 2.10. The van der Waals surface area contributed by atoms with Crippen LogP contribution < -0.4 is 10.1 Å². The van der Waals surface area contributed by atoms with E-state index in [0.717, 1.165) is 23.5 Å². The summed E-state index contributed by atoms with van der Waals surface area (Å²) in [7, 11) is 0. The molecule has 0 fully saturated rings. The summed E-state index contributed by atoms with van der Waals surface area (Å²) in [6.45, 7) is 4.45. The van der Waals surface area contributed by atoms with E-state index >= 15 is 0 Å². The maximum atomic E-state index is 8.12. The second-order valence-electron chi connectivity index (χ2n) is 5.58. The summed E-state index contributed by atoms with van der Waals surface area (Å²) in [4.78, 5) is 29.2. The third kappa shape index (κ3) is 4.39. The number of carbonyl (C=O) groups excluding carboxylic acids is 2. The van der Waals surface area contributed by atoms with E-state index in [1.54, 1.807) is 0 Å². The number of nitrogens with one attached hydrogen (secondary N) is 2.